The fraction of sp³-hybridized carbons (Fsp3) is 0.231. The highest BCUT2D eigenvalue weighted by molar-refractivity contribution is 5.95. The van der Waals surface area contributed by atoms with Crippen molar-refractivity contribution in [2.45, 2.75) is 19.8 Å². The molecule has 15 heavy (non-hydrogen) atoms. The van der Waals surface area contributed by atoms with E-state index >= 15 is 0 Å². The Labute approximate surface area is 89.5 Å². The van der Waals surface area contributed by atoms with Crippen molar-refractivity contribution in [3.05, 3.63) is 35.4 Å². The summed E-state index contributed by atoms with van der Waals surface area (Å²) in [6, 6.07) is 9.08. The largest absolute Gasteiger partial charge is 0.294 e. The predicted molar refractivity (Wildman–Crippen MR) is 58.2 cm³/mol. The molecule has 0 saturated heterocycles. The lowest BCUT2D eigenvalue weighted by molar-refractivity contribution is 0.0988. The van der Waals surface area contributed by atoms with Crippen LogP contribution in [0, 0.1) is 23.2 Å². The molecule has 0 fully saturated rings. The van der Waals surface area contributed by atoms with Gasteiger partial charge in [-0.2, -0.15) is 5.26 Å². The number of rotatable bonds is 2. The summed E-state index contributed by atoms with van der Waals surface area (Å²) in [5.74, 6) is 5.69. The van der Waals surface area contributed by atoms with Crippen LogP contribution in [-0.2, 0) is 0 Å². The molecule has 2 heteroatoms. The van der Waals surface area contributed by atoms with Crippen LogP contribution in [-0.4, -0.2) is 5.78 Å². The number of Topliss-reactive ketones (excluding diaryl/α,β-unsaturated/α-hetero) is 1. The van der Waals surface area contributed by atoms with Crippen LogP contribution in [0.25, 0.3) is 0 Å². The second-order valence-electron chi connectivity index (χ2n) is 2.99. The number of hydrogen-bond donors (Lipinski definition) is 0. The van der Waals surface area contributed by atoms with Gasteiger partial charge in [0, 0.05) is 17.5 Å². The van der Waals surface area contributed by atoms with Crippen LogP contribution in [0.1, 0.15) is 35.7 Å². The van der Waals surface area contributed by atoms with E-state index in [1.54, 1.807) is 24.3 Å². The Kier molecular flexibility index (Phi) is 4.13. The molecular formula is C13H11NO. The zero-order valence-corrected chi connectivity index (χ0v) is 8.58. The summed E-state index contributed by atoms with van der Waals surface area (Å²) in [5.41, 5.74) is 1.54. The molecule has 0 N–H and O–H groups in total. The zero-order chi connectivity index (χ0) is 11.1. The molecule has 0 heterocycles. The summed E-state index contributed by atoms with van der Waals surface area (Å²) >= 11 is 0. The average Bonchev–Trinajstić information content (AvgIpc) is 2.29. The maximum atomic E-state index is 11.3. The Bertz CT molecular complexity index is 440. The topological polar surface area (TPSA) is 40.9 Å². The minimum Gasteiger partial charge on any atom is -0.294 e. The first-order chi connectivity index (χ1) is 7.27. The minimum atomic E-state index is 0.131. The van der Waals surface area contributed by atoms with Crippen molar-refractivity contribution in [1.29, 1.82) is 5.26 Å². The fourth-order valence-corrected chi connectivity index (χ4v) is 1.13. The Morgan fingerprint density at radius 3 is 2.53 bits per heavy atom. The molecule has 0 aliphatic heterocycles. The zero-order valence-electron chi connectivity index (χ0n) is 8.58. The third-order valence-corrected chi connectivity index (χ3v) is 1.93. The van der Waals surface area contributed by atoms with Gasteiger partial charge in [-0.15, -0.1) is 0 Å². The molecular weight excluding hydrogens is 186 g/mol. The lowest BCUT2D eigenvalue weighted by atomic mass is 10.1. The maximum Gasteiger partial charge on any atom is 0.162 e. The van der Waals surface area contributed by atoms with Gasteiger partial charge in [0.2, 0.25) is 0 Å². The first-order valence-electron chi connectivity index (χ1n) is 4.77. The number of nitrogens with zero attached hydrogens (tertiary/aromatic N) is 1. The summed E-state index contributed by atoms with van der Waals surface area (Å²) in [5, 5.41) is 8.30. The van der Waals surface area contributed by atoms with E-state index in [4.69, 9.17) is 5.26 Å². The minimum absolute atomic E-state index is 0.131. The van der Waals surface area contributed by atoms with Crippen LogP contribution in [0.2, 0.25) is 0 Å². The highest BCUT2D eigenvalue weighted by Crippen LogP contribution is 2.05. The van der Waals surface area contributed by atoms with Gasteiger partial charge < -0.3 is 0 Å². The molecule has 0 aromatic heterocycles. The highest BCUT2D eigenvalue weighted by Gasteiger charge is 2.00. The third-order valence-electron chi connectivity index (χ3n) is 1.93. The summed E-state index contributed by atoms with van der Waals surface area (Å²) in [6.45, 7) is 1.84. The predicted octanol–water partition coefficient (Wildman–Crippen LogP) is 2.54. The van der Waals surface area contributed by atoms with Crippen LogP contribution < -0.4 is 0 Å². The Balaban J connectivity index is 2.79. The first kappa shape index (κ1) is 11.0. The molecule has 0 amide bonds. The molecule has 0 saturated carbocycles. The molecule has 0 atom stereocenters. The Hall–Kier alpha value is -2.06. The molecule has 0 aliphatic carbocycles. The van der Waals surface area contributed by atoms with Gasteiger partial charge in [0.25, 0.3) is 0 Å². The van der Waals surface area contributed by atoms with Gasteiger partial charge in [-0.3, -0.25) is 4.79 Å². The van der Waals surface area contributed by atoms with E-state index in [-0.39, 0.29) is 12.2 Å². The van der Waals surface area contributed by atoms with E-state index in [2.05, 4.69) is 11.8 Å². The van der Waals surface area contributed by atoms with E-state index in [1.165, 1.54) is 0 Å². The van der Waals surface area contributed by atoms with Crippen molar-refractivity contribution in [3.8, 4) is 17.9 Å². The van der Waals surface area contributed by atoms with Crippen LogP contribution >= 0.6 is 0 Å². The number of hydrogen-bond acceptors (Lipinski definition) is 2. The van der Waals surface area contributed by atoms with Gasteiger partial charge in [0.05, 0.1) is 12.5 Å². The smallest absolute Gasteiger partial charge is 0.162 e. The van der Waals surface area contributed by atoms with Crippen molar-refractivity contribution < 1.29 is 4.79 Å². The summed E-state index contributed by atoms with van der Waals surface area (Å²) in [4.78, 5) is 11.3. The van der Waals surface area contributed by atoms with Gasteiger partial charge in [0.1, 0.15) is 0 Å². The number of benzene rings is 1. The van der Waals surface area contributed by atoms with Crippen LogP contribution in [0.3, 0.4) is 0 Å². The summed E-state index contributed by atoms with van der Waals surface area (Å²) < 4.78 is 0. The molecule has 74 valence electrons. The Morgan fingerprint density at radius 1 is 1.33 bits per heavy atom. The Morgan fingerprint density at radius 2 is 2.00 bits per heavy atom. The monoisotopic (exact) mass is 197 g/mol. The molecule has 1 rings (SSSR count). The standard InChI is InChI=1S/C13H11NO/c1-2-13(15)12-8-6-11(7-9-12)5-3-4-10-14/h6-9H,2,4H2,1H3. The average molecular weight is 197 g/mol. The number of ketones is 1. The van der Waals surface area contributed by atoms with Crippen LogP contribution in [0.15, 0.2) is 24.3 Å². The quantitative estimate of drug-likeness (QED) is 0.540. The van der Waals surface area contributed by atoms with E-state index in [9.17, 15) is 4.79 Å². The van der Waals surface area contributed by atoms with Crippen molar-refractivity contribution in [3.63, 3.8) is 0 Å². The van der Waals surface area contributed by atoms with Gasteiger partial charge >= 0.3 is 0 Å². The van der Waals surface area contributed by atoms with E-state index < -0.39 is 0 Å². The number of carbonyl (C=O) groups excluding carboxylic acids is 1. The van der Waals surface area contributed by atoms with Gasteiger partial charge in [-0.25, -0.2) is 0 Å². The highest BCUT2D eigenvalue weighted by atomic mass is 16.1. The second-order valence-corrected chi connectivity index (χ2v) is 2.99. The van der Waals surface area contributed by atoms with Crippen molar-refractivity contribution in [1.82, 2.24) is 0 Å². The van der Waals surface area contributed by atoms with Gasteiger partial charge in [-0.1, -0.05) is 30.9 Å². The molecule has 0 spiro atoms. The van der Waals surface area contributed by atoms with E-state index in [1.807, 2.05) is 13.0 Å². The van der Waals surface area contributed by atoms with E-state index in [0.717, 1.165) is 5.56 Å². The van der Waals surface area contributed by atoms with Crippen LogP contribution in [0.5, 0.6) is 0 Å². The normalized spacial score (nSPS) is 8.53. The molecule has 0 radical (unpaired) electrons. The van der Waals surface area contributed by atoms with Crippen molar-refractivity contribution in [2.24, 2.45) is 0 Å². The fourth-order valence-electron chi connectivity index (χ4n) is 1.13. The molecule has 2 nitrogen and oxygen atoms in total. The SMILES string of the molecule is CCC(=O)c1ccc(C#CCC#N)cc1. The van der Waals surface area contributed by atoms with Crippen molar-refractivity contribution >= 4 is 5.78 Å². The molecule has 0 bridgehead atoms. The van der Waals surface area contributed by atoms with E-state index in [0.29, 0.717) is 12.0 Å². The molecule has 0 aliphatic rings. The summed E-state index contributed by atoms with van der Waals surface area (Å²) in [7, 11) is 0. The lowest BCUT2D eigenvalue weighted by Gasteiger charge is -1.96. The number of nitriles is 1. The second kappa shape index (κ2) is 5.62. The van der Waals surface area contributed by atoms with Gasteiger partial charge in [0.15, 0.2) is 5.78 Å². The van der Waals surface area contributed by atoms with Crippen LogP contribution in [0.4, 0.5) is 0 Å². The molecule has 0 unspecified atom stereocenters. The first-order valence-corrected chi connectivity index (χ1v) is 4.77. The molecule has 1 aromatic carbocycles. The maximum absolute atomic E-state index is 11.3. The molecule has 1 aromatic rings. The van der Waals surface area contributed by atoms with Gasteiger partial charge in [-0.05, 0) is 12.1 Å². The van der Waals surface area contributed by atoms with Crippen molar-refractivity contribution in [2.75, 3.05) is 0 Å². The number of carbonyl (C=O) groups is 1. The summed E-state index contributed by atoms with van der Waals surface area (Å²) in [6.07, 6.45) is 0.745. The lowest BCUT2D eigenvalue weighted by Crippen LogP contribution is -1.95. The third kappa shape index (κ3) is 3.29.